The Balaban J connectivity index is 2.29. The fourth-order valence-corrected chi connectivity index (χ4v) is 1.63. The van der Waals surface area contributed by atoms with E-state index in [2.05, 4.69) is 20.6 Å². The van der Waals surface area contributed by atoms with Crippen LogP contribution in [0.25, 0.3) is 0 Å². The SMILES string of the molecule is CCNc1ncc(F)c(Nc2ccc(F)cc2Cl)n1. The Morgan fingerprint density at radius 2 is 2.11 bits per heavy atom. The van der Waals surface area contributed by atoms with Crippen molar-refractivity contribution in [1.29, 1.82) is 0 Å². The van der Waals surface area contributed by atoms with Crippen molar-refractivity contribution in [3.63, 3.8) is 0 Å². The lowest BCUT2D eigenvalue weighted by atomic mass is 10.3. The molecule has 100 valence electrons. The average molecular weight is 285 g/mol. The van der Waals surface area contributed by atoms with Crippen LogP contribution < -0.4 is 10.6 Å². The summed E-state index contributed by atoms with van der Waals surface area (Å²) >= 11 is 5.85. The number of aromatic nitrogens is 2. The molecule has 0 fully saturated rings. The maximum Gasteiger partial charge on any atom is 0.224 e. The Bertz CT molecular complexity index is 592. The van der Waals surface area contributed by atoms with Crippen LogP contribution in [-0.4, -0.2) is 16.5 Å². The van der Waals surface area contributed by atoms with E-state index in [1.165, 1.54) is 12.1 Å². The van der Waals surface area contributed by atoms with Crippen molar-refractivity contribution < 1.29 is 8.78 Å². The van der Waals surface area contributed by atoms with Crippen LogP contribution in [0.15, 0.2) is 24.4 Å². The fraction of sp³-hybridized carbons (Fsp3) is 0.167. The number of halogens is 3. The molecule has 0 spiro atoms. The number of benzene rings is 1. The first-order valence-electron chi connectivity index (χ1n) is 5.58. The highest BCUT2D eigenvalue weighted by Crippen LogP contribution is 2.26. The van der Waals surface area contributed by atoms with Gasteiger partial charge in [-0.05, 0) is 25.1 Å². The third-order valence-electron chi connectivity index (χ3n) is 2.26. The first-order chi connectivity index (χ1) is 9.10. The standard InChI is InChI=1S/C12H11ClF2N4/c1-2-16-12-17-6-9(15)11(19-12)18-10-4-3-7(14)5-8(10)13/h3-6H,2H2,1H3,(H2,16,17,18,19). The number of nitrogens with zero attached hydrogens (tertiary/aromatic N) is 2. The van der Waals surface area contributed by atoms with Crippen molar-refractivity contribution >= 4 is 29.1 Å². The summed E-state index contributed by atoms with van der Waals surface area (Å²) in [6.45, 7) is 2.49. The zero-order valence-electron chi connectivity index (χ0n) is 10.0. The van der Waals surface area contributed by atoms with Crippen LogP contribution in [-0.2, 0) is 0 Å². The summed E-state index contributed by atoms with van der Waals surface area (Å²) in [5.74, 6) is -0.821. The number of hydrogen-bond acceptors (Lipinski definition) is 4. The van der Waals surface area contributed by atoms with Crippen molar-refractivity contribution in [1.82, 2.24) is 9.97 Å². The predicted octanol–water partition coefficient (Wildman–Crippen LogP) is 3.58. The summed E-state index contributed by atoms with van der Waals surface area (Å²) < 4.78 is 26.5. The number of rotatable bonds is 4. The minimum atomic E-state index is -0.623. The van der Waals surface area contributed by atoms with Gasteiger partial charge in [0.2, 0.25) is 5.95 Å². The van der Waals surface area contributed by atoms with Gasteiger partial charge in [-0.2, -0.15) is 4.98 Å². The molecule has 0 saturated heterocycles. The molecular weight excluding hydrogens is 274 g/mol. The van der Waals surface area contributed by atoms with Crippen molar-refractivity contribution in [2.24, 2.45) is 0 Å². The van der Waals surface area contributed by atoms with E-state index >= 15 is 0 Å². The zero-order valence-corrected chi connectivity index (χ0v) is 10.8. The van der Waals surface area contributed by atoms with Crippen molar-refractivity contribution in [3.05, 3.63) is 41.1 Å². The Morgan fingerprint density at radius 1 is 1.32 bits per heavy atom. The Labute approximate surface area is 113 Å². The van der Waals surface area contributed by atoms with Crippen LogP contribution in [0.2, 0.25) is 5.02 Å². The van der Waals surface area contributed by atoms with Gasteiger partial charge in [0.25, 0.3) is 0 Å². The Kier molecular flexibility index (Phi) is 4.11. The van der Waals surface area contributed by atoms with E-state index in [9.17, 15) is 8.78 Å². The number of nitrogens with one attached hydrogen (secondary N) is 2. The van der Waals surface area contributed by atoms with Crippen molar-refractivity contribution in [3.8, 4) is 0 Å². The van der Waals surface area contributed by atoms with E-state index in [-0.39, 0.29) is 10.8 Å². The summed E-state index contributed by atoms with van der Waals surface area (Å²) in [6.07, 6.45) is 1.05. The number of hydrogen-bond donors (Lipinski definition) is 2. The predicted molar refractivity (Wildman–Crippen MR) is 70.8 cm³/mol. The summed E-state index contributed by atoms with van der Waals surface area (Å²) in [5, 5.41) is 5.71. The lowest BCUT2D eigenvalue weighted by Crippen LogP contribution is -2.06. The summed E-state index contributed by atoms with van der Waals surface area (Å²) in [6, 6.07) is 3.76. The highest BCUT2D eigenvalue weighted by molar-refractivity contribution is 6.33. The van der Waals surface area contributed by atoms with Gasteiger partial charge in [-0.3, -0.25) is 0 Å². The molecule has 7 heteroatoms. The largest absolute Gasteiger partial charge is 0.354 e. The molecule has 0 radical (unpaired) electrons. The Morgan fingerprint density at radius 3 is 2.79 bits per heavy atom. The molecule has 0 atom stereocenters. The van der Waals surface area contributed by atoms with Gasteiger partial charge in [-0.1, -0.05) is 11.6 Å². The minimum absolute atomic E-state index is 0.0283. The van der Waals surface area contributed by atoms with E-state index in [1.54, 1.807) is 0 Å². The molecule has 2 N–H and O–H groups in total. The molecule has 1 aromatic carbocycles. The summed E-state index contributed by atoms with van der Waals surface area (Å²) in [4.78, 5) is 7.74. The van der Waals surface area contributed by atoms with Crippen LogP contribution in [0.5, 0.6) is 0 Å². The molecule has 2 rings (SSSR count). The van der Waals surface area contributed by atoms with E-state index in [0.29, 0.717) is 18.2 Å². The van der Waals surface area contributed by atoms with Crippen LogP contribution in [0.1, 0.15) is 6.92 Å². The topological polar surface area (TPSA) is 49.8 Å². The third-order valence-corrected chi connectivity index (χ3v) is 2.58. The first kappa shape index (κ1) is 13.5. The van der Waals surface area contributed by atoms with Crippen molar-refractivity contribution in [2.75, 3.05) is 17.2 Å². The monoisotopic (exact) mass is 284 g/mol. The molecule has 0 aliphatic carbocycles. The van der Waals surface area contributed by atoms with E-state index < -0.39 is 11.6 Å². The van der Waals surface area contributed by atoms with Gasteiger partial charge in [-0.25, -0.2) is 13.8 Å². The molecule has 1 aromatic heterocycles. The molecule has 2 aromatic rings. The second-order valence-electron chi connectivity index (χ2n) is 3.67. The maximum atomic E-state index is 13.6. The average Bonchev–Trinajstić information content (AvgIpc) is 2.37. The molecular formula is C12H11ClF2N4. The summed E-state index contributed by atoms with van der Waals surface area (Å²) in [7, 11) is 0. The maximum absolute atomic E-state index is 13.6. The van der Waals surface area contributed by atoms with E-state index in [0.717, 1.165) is 12.3 Å². The Hall–Kier alpha value is -1.95. The number of anilines is 3. The van der Waals surface area contributed by atoms with Gasteiger partial charge in [0.15, 0.2) is 11.6 Å². The lowest BCUT2D eigenvalue weighted by Gasteiger charge is -2.09. The molecule has 0 unspecified atom stereocenters. The summed E-state index contributed by atoms with van der Waals surface area (Å²) in [5.41, 5.74) is 0.364. The van der Waals surface area contributed by atoms with Crippen LogP contribution in [0, 0.1) is 11.6 Å². The smallest absolute Gasteiger partial charge is 0.224 e. The third kappa shape index (κ3) is 3.29. The van der Waals surface area contributed by atoms with Crippen LogP contribution in [0.4, 0.5) is 26.2 Å². The molecule has 0 aliphatic heterocycles. The molecule has 0 bridgehead atoms. The molecule has 0 amide bonds. The van der Waals surface area contributed by atoms with Gasteiger partial charge in [0, 0.05) is 6.54 Å². The molecule has 19 heavy (non-hydrogen) atoms. The van der Waals surface area contributed by atoms with Gasteiger partial charge in [-0.15, -0.1) is 0 Å². The van der Waals surface area contributed by atoms with Crippen LogP contribution in [0.3, 0.4) is 0 Å². The molecule has 4 nitrogen and oxygen atoms in total. The van der Waals surface area contributed by atoms with Crippen molar-refractivity contribution in [2.45, 2.75) is 6.92 Å². The van der Waals surface area contributed by atoms with E-state index in [4.69, 9.17) is 11.6 Å². The normalized spacial score (nSPS) is 10.3. The minimum Gasteiger partial charge on any atom is -0.354 e. The second-order valence-corrected chi connectivity index (χ2v) is 4.08. The van der Waals surface area contributed by atoms with Gasteiger partial charge >= 0.3 is 0 Å². The van der Waals surface area contributed by atoms with Gasteiger partial charge in [0.05, 0.1) is 16.9 Å². The molecule has 1 heterocycles. The van der Waals surface area contributed by atoms with Gasteiger partial charge in [0.1, 0.15) is 5.82 Å². The highest BCUT2D eigenvalue weighted by Gasteiger charge is 2.09. The first-order valence-corrected chi connectivity index (χ1v) is 5.96. The quantitative estimate of drug-likeness (QED) is 0.901. The van der Waals surface area contributed by atoms with E-state index in [1.807, 2.05) is 6.92 Å². The zero-order chi connectivity index (χ0) is 13.8. The molecule has 0 saturated carbocycles. The second kappa shape index (κ2) is 5.79. The molecule has 0 aliphatic rings. The van der Waals surface area contributed by atoms with Crippen LogP contribution >= 0.6 is 11.6 Å². The lowest BCUT2D eigenvalue weighted by molar-refractivity contribution is 0.619. The fourth-order valence-electron chi connectivity index (χ4n) is 1.42. The highest BCUT2D eigenvalue weighted by atomic mass is 35.5. The van der Waals surface area contributed by atoms with Gasteiger partial charge < -0.3 is 10.6 Å².